The Bertz CT molecular complexity index is 1170. The van der Waals surface area contributed by atoms with Gasteiger partial charge in [-0.3, -0.25) is 0 Å². The van der Waals surface area contributed by atoms with Crippen LogP contribution in [-0.2, 0) is 27.9 Å². The van der Waals surface area contributed by atoms with Gasteiger partial charge in [-0.1, -0.05) is 58.4 Å². The molecule has 0 spiro atoms. The molecule has 2 atom stereocenters. The molecule has 0 saturated carbocycles. The summed E-state index contributed by atoms with van der Waals surface area (Å²) in [4.78, 5) is 0. The minimum Gasteiger partial charge on any atom is -0.382 e. The number of aryl methyl sites for hydroxylation is 2. The summed E-state index contributed by atoms with van der Waals surface area (Å²) in [7, 11) is 1.76. The Morgan fingerprint density at radius 3 is 2.28 bits per heavy atom. The fourth-order valence-electron chi connectivity index (χ4n) is 5.65. The van der Waals surface area contributed by atoms with E-state index in [4.69, 9.17) is 9.47 Å². The van der Waals surface area contributed by atoms with Crippen molar-refractivity contribution < 1.29 is 14.0 Å². The number of hydrogen-bond donors (Lipinski definition) is 0. The molecule has 2 unspecified atom stereocenters. The molecular formula is C33H48NO2+. The highest BCUT2D eigenvalue weighted by Crippen LogP contribution is 2.36. The highest BCUT2D eigenvalue weighted by atomic mass is 16.5. The van der Waals surface area contributed by atoms with Crippen LogP contribution in [0.1, 0.15) is 77.1 Å². The Morgan fingerprint density at radius 2 is 1.64 bits per heavy atom. The summed E-state index contributed by atoms with van der Waals surface area (Å²) >= 11 is 0. The third kappa shape index (κ3) is 6.75. The number of nitrogens with zero attached hydrogens (tertiary/aromatic N) is 1. The second-order valence-electron chi connectivity index (χ2n) is 12.0. The summed E-state index contributed by atoms with van der Waals surface area (Å²) in [6.07, 6.45) is 2.33. The van der Waals surface area contributed by atoms with E-state index in [0.29, 0.717) is 12.5 Å². The maximum absolute atomic E-state index is 6.30. The van der Waals surface area contributed by atoms with Crippen LogP contribution in [0.2, 0.25) is 0 Å². The maximum atomic E-state index is 6.30. The van der Waals surface area contributed by atoms with Crippen LogP contribution in [0.5, 0.6) is 0 Å². The molecule has 3 aromatic rings. The van der Waals surface area contributed by atoms with Gasteiger partial charge < -0.3 is 9.47 Å². The van der Waals surface area contributed by atoms with Crippen molar-refractivity contribution in [1.82, 2.24) is 0 Å². The van der Waals surface area contributed by atoms with Crippen molar-refractivity contribution in [2.24, 2.45) is 5.92 Å². The van der Waals surface area contributed by atoms with Gasteiger partial charge >= 0.3 is 0 Å². The summed E-state index contributed by atoms with van der Waals surface area (Å²) in [5.41, 5.74) is 9.42. The Labute approximate surface area is 219 Å². The first-order chi connectivity index (χ1) is 16.9. The topological polar surface area (TPSA) is 22.3 Å². The van der Waals surface area contributed by atoms with Crippen LogP contribution in [0.3, 0.4) is 0 Å². The van der Waals surface area contributed by atoms with E-state index in [9.17, 15) is 0 Å². The summed E-state index contributed by atoms with van der Waals surface area (Å²) < 4.78 is 14.2. The van der Waals surface area contributed by atoms with Gasteiger partial charge in [0.05, 0.1) is 17.8 Å². The van der Waals surface area contributed by atoms with Crippen molar-refractivity contribution in [2.45, 2.75) is 99.3 Å². The second-order valence-corrected chi connectivity index (χ2v) is 12.0. The zero-order valence-electron chi connectivity index (χ0n) is 24.4. The van der Waals surface area contributed by atoms with Gasteiger partial charge in [0, 0.05) is 24.6 Å². The van der Waals surface area contributed by atoms with Crippen molar-refractivity contribution >= 4 is 10.9 Å². The van der Waals surface area contributed by atoms with Crippen LogP contribution in [-0.4, -0.2) is 25.9 Å². The molecule has 3 heteroatoms. The molecule has 3 nitrogen and oxygen atoms in total. The molecule has 196 valence electrons. The van der Waals surface area contributed by atoms with Crippen LogP contribution in [0.4, 0.5) is 0 Å². The van der Waals surface area contributed by atoms with E-state index in [2.05, 4.69) is 109 Å². The van der Waals surface area contributed by atoms with Gasteiger partial charge in [0.25, 0.3) is 0 Å². The molecule has 1 aromatic heterocycles. The lowest BCUT2D eigenvalue weighted by atomic mass is 9.79. The second kappa shape index (κ2) is 11.9. The van der Waals surface area contributed by atoms with Crippen LogP contribution < -0.4 is 4.57 Å². The van der Waals surface area contributed by atoms with E-state index in [1.165, 1.54) is 44.4 Å². The van der Waals surface area contributed by atoms with Gasteiger partial charge in [-0.25, -0.2) is 0 Å². The fourth-order valence-corrected chi connectivity index (χ4v) is 5.65. The fraction of sp³-hybridized carbons (Fsp3) is 0.545. The quantitative estimate of drug-likeness (QED) is 0.271. The Hall–Kier alpha value is -2.23. The lowest BCUT2D eigenvalue weighted by Gasteiger charge is -2.25. The van der Waals surface area contributed by atoms with Gasteiger partial charge in [-0.15, -0.1) is 0 Å². The first-order valence-corrected chi connectivity index (χ1v) is 13.6. The first kappa shape index (κ1) is 28.3. The Kier molecular flexibility index (Phi) is 9.35. The minimum atomic E-state index is 0.0424. The number of rotatable bonds is 10. The van der Waals surface area contributed by atoms with Crippen molar-refractivity contribution in [1.29, 1.82) is 0 Å². The highest BCUT2D eigenvalue weighted by molar-refractivity contribution is 5.82. The van der Waals surface area contributed by atoms with Crippen molar-refractivity contribution in [3.05, 3.63) is 64.7 Å². The van der Waals surface area contributed by atoms with E-state index in [1.54, 1.807) is 7.11 Å². The molecule has 0 aliphatic rings. The van der Waals surface area contributed by atoms with Gasteiger partial charge in [-0.2, -0.15) is 4.57 Å². The molecule has 3 rings (SSSR count). The molecule has 0 saturated heterocycles. The van der Waals surface area contributed by atoms with E-state index in [0.717, 1.165) is 19.4 Å². The number of hydrogen-bond acceptors (Lipinski definition) is 2. The predicted molar refractivity (Wildman–Crippen MR) is 153 cm³/mol. The Morgan fingerprint density at radius 1 is 0.917 bits per heavy atom. The van der Waals surface area contributed by atoms with Crippen molar-refractivity contribution in [3.63, 3.8) is 0 Å². The SMILES string of the molecule is COC(C)CC(C)OCC[n+]1c(-c2cc(C)cc(C)c2C(C)(C)C)ccc2c(CC(C)C)cccc21. The van der Waals surface area contributed by atoms with Crippen LogP contribution >= 0.6 is 0 Å². The normalized spacial score (nSPS) is 14.0. The van der Waals surface area contributed by atoms with Crippen LogP contribution in [0.25, 0.3) is 22.2 Å². The molecule has 0 N–H and O–H groups in total. The Balaban J connectivity index is 2.16. The first-order valence-electron chi connectivity index (χ1n) is 13.6. The van der Waals surface area contributed by atoms with Crippen molar-refractivity contribution in [3.8, 4) is 11.3 Å². The van der Waals surface area contributed by atoms with E-state index in [1.807, 2.05) is 0 Å². The summed E-state index contributed by atoms with van der Waals surface area (Å²) in [6.45, 7) is 21.7. The smallest absolute Gasteiger partial charge is 0.213 e. The number of aromatic nitrogens is 1. The number of benzene rings is 2. The van der Waals surface area contributed by atoms with Crippen molar-refractivity contribution in [2.75, 3.05) is 13.7 Å². The monoisotopic (exact) mass is 490 g/mol. The number of fused-ring (bicyclic) bond motifs is 1. The largest absolute Gasteiger partial charge is 0.382 e. The zero-order valence-corrected chi connectivity index (χ0v) is 24.4. The third-order valence-corrected chi connectivity index (χ3v) is 7.08. The molecule has 0 amide bonds. The van der Waals surface area contributed by atoms with Gasteiger partial charge in [-0.05, 0) is 80.7 Å². The summed E-state index contributed by atoms with van der Waals surface area (Å²) in [5.74, 6) is 0.614. The number of ether oxygens (including phenoxy) is 2. The maximum Gasteiger partial charge on any atom is 0.213 e. The van der Waals surface area contributed by atoms with E-state index in [-0.39, 0.29) is 17.6 Å². The van der Waals surface area contributed by atoms with E-state index < -0.39 is 0 Å². The molecule has 0 radical (unpaired) electrons. The molecule has 2 aromatic carbocycles. The molecule has 0 aliphatic carbocycles. The third-order valence-electron chi connectivity index (χ3n) is 7.08. The lowest BCUT2D eigenvalue weighted by molar-refractivity contribution is -0.662. The predicted octanol–water partition coefficient (Wildman–Crippen LogP) is 7.74. The summed E-state index contributed by atoms with van der Waals surface area (Å²) in [5, 5.41) is 1.35. The summed E-state index contributed by atoms with van der Waals surface area (Å²) in [6, 6.07) is 16.1. The van der Waals surface area contributed by atoms with Gasteiger partial charge in [0.15, 0.2) is 6.54 Å². The van der Waals surface area contributed by atoms with Gasteiger partial charge in [0.2, 0.25) is 11.2 Å². The molecule has 1 heterocycles. The zero-order chi connectivity index (χ0) is 26.6. The minimum absolute atomic E-state index is 0.0424. The number of pyridine rings is 1. The molecule has 36 heavy (non-hydrogen) atoms. The molecule has 0 aliphatic heterocycles. The average molecular weight is 491 g/mol. The van der Waals surface area contributed by atoms with Crippen LogP contribution in [0, 0.1) is 19.8 Å². The number of methoxy groups -OCH3 is 1. The molecule has 0 bridgehead atoms. The van der Waals surface area contributed by atoms with Crippen LogP contribution in [0.15, 0.2) is 42.5 Å². The average Bonchev–Trinajstić information content (AvgIpc) is 2.77. The standard InChI is InChI=1S/C33H48NO2/c1-22(2)18-27-12-11-13-30-28(27)14-15-31(34(30)16-17-36-26(6)21-25(5)35-10)29-20-23(3)19-24(4)32(29)33(7,8)9/h11-15,19-20,22,25-26H,16-18,21H2,1-10H3/q+1. The highest BCUT2D eigenvalue weighted by Gasteiger charge is 2.27. The lowest BCUT2D eigenvalue weighted by Crippen LogP contribution is -2.40. The van der Waals surface area contributed by atoms with Gasteiger partial charge in [0.1, 0.15) is 6.61 Å². The molecular weight excluding hydrogens is 442 g/mol. The van der Waals surface area contributed by atoms with E-state index >= 15 is 0 Å². The molecule has 0 fully saturated rings.